The molecular formula is C23H24ClNO4S2. The molecule has 2 aromatic carbocycles. The van der Waals surface area contributed by atoms with Gasteiger partial charge in [0.15, 0.2) is 11.5 Å². The first-order chi connectivity index (χ1) is 14.9. The molecular weight excluding hydrogens is 454 g/mol. The molecule has 2 aromatic rings. The van der Waals surface area contributed by atoms with Crippen molar-refractivity contribution in [1.82, 2.24) is 4.90 Å². The van der Waals surface area contributed by atoms with Crippen molar-refractivity contribution in [1.29, 1.82) is 0 Å². The molecule has 0 N–H and O–H groups in total. The van der Waals surface area contributed by atoms with Crippen LogP contribution in [0.1, 0.15) is 24.5 Å². The molecule has 0 radical (unpaired) electrons. The number of rotatable bonds is 9. The molecule has 1 aliphatic rings. The molecule has 5 nitrogen and oxygen atoms in total. The molecule has 0 saturated carbocycles. The van der Waals surface area contributed by atoms with E-state index in [0.29, 0.717) is 45.4 Å². The zero-order valence-electron chi connectivity index (χ0n) is 17.6. The second-order valence-electron chi connectivity index (χ2n) is 6.82. The third-order valence-electron chi connectivity index (χ3n) is 4.67. The van der Waals surface area contributed by atoms with E-state index in [-0.39, 0.29) is 5.91 Å². The topological polar surface area (TPSA) is 48.0 Å². The van der Waals surface area contributed by atoms with Crippen molar-refractivity contribution in [3.05, 3.63) is 57.5 Å². The number of nitrogens with zero attached hydrogens (tertiary/aromatic N) is 1. The zero-order chi connectivity index (χ0) is 22.4. The lowest BCUT2D eigenvalue weighted by Crippen LogP contribution is -2.22. The van der Waals surface area contributed by atoms with Gasteiger partial charge in [0.25, 0.3) is 5.91 Å². The average molecular weight is 478 g/mol. The van der Waals surface area contributed by atoms with Crippen LogP contribution < -0.4 is 14.2 Å². The number of ether oxygens (including phenoxy) is 3. The second kappa shape index (κ2) is 10.9. The summed E-state index contributed by atoms with van der Waals surface area (Å²) in [4.78, 5) is 14.2. The Kier molecular flexibility index (Phi) is 8.23. The van der Waals surface area contributed by atoms with Gasteiger partial charge in [-0.15, -0.1) is 0 Å². The van der Waals surface area contributed by atoms with E-state index in [0.717, 1.165) is 17.7 Å². The summed E-state index contributed by atoms with van der Waals surface area (Å²) in [5.74, 6) is 1.68. The fourth-order valence-corrected chi connectivity index (χ4v) is 4.36. The lowest BCUT2D eigenvalue weighted by Gasteiger charge is -2.14. The summed E-state index contributed by atoms with van der Waals surface area (Å²) >= 11 is 12.9. The maximum absolute atomic E-state index is 12.2. The molecule has 8 heteroatoms. The van der Waals surface area contributed by atoms with Gasteiger partial charge < -0.3 is 14.2 Å². The summed E-state index contributed by atoms with van der Waals surface area (Å²) in [6.07, 6.45) is 3.45. The maximum Gasteiger partial charge on any atom is 0.265 e. The number of thiocarbonyl (C=S) groups is 1. The van der Waals surface area contributed by atoms with Gasteiger partial charge in [-0.3, -0.25) is 9.69 Å². The number of amides is 1. The number of aryl methyl sites for hydroxylation is 1. The van der Waals surface area contributed by atoms with Gasteiger partial charge in [0, 0.05) is 13.5 Å². The van der Waals surface area contributed by atoms with Crippen LogP contribution in [0, 0.1) is 0 Å². The van der Waals surface area contributed by atoms with E-state index < -0.39 is 0 Å². The van der Waals surface area contributed by atoms with Gasteiger partial charge in [0.2, 0.25) is 0 Å². The second-order valence-corrected chi connectivity index (χ2v) is 8.91. The molecule has 0 spiro atoms. The molecule has 1 aliphatic heterocycles. The van der Waals surface area contributed by atoms with Crippen LogP contribution >= 0.6 is 35.6 Å². The highest BCUT2D eigenvalue weighted by molar-refractivity contribution is 8.26. The van der Waals surface area contributed by atoms with E-state index in [9.17, 15) is 4.79 Å². The number of methoxy groups -OCH3 is 1. The summed E-state index contributed by atoms with van der Waals surface area (Å²) in [5.41, 5.74) is 2.02. The Morgan fingerprint density at radius 3 is 2.48 bits per heavy atom. The third-order valence-corrected chi connectivity index (χ3v) is 6.44. The number of thioether (sulfide) groups is 1. The van der Waals surface area contributed by atoms with Crippen LogP contribution in [0.15, 0.2) is 41.3 Å². The van der Waals surface area contributed by atoms with Gasteiger partial charge >= 0.3 is 0 Å². The highest BCUT2D eigenvalue weighted by atomic mass is 35.5. The Morgan fingerprint density at radius 2 is 1.87 bits per heavy atom. The molecule has 1 saturated heterocycles. The van der Waals surface area contributed by atoms with E-state index in [1.165, 1.54) is 22.2 Å². The summed E-state index contributed by atoms with van der Waals surface area (Å²) in [7, 11) is 3.21. The first kappa shape index (κ1) is 23.4. The van der Waals surface area contributed by atoms with E-state index >= 15 is 0 Å². The summed E-state index contributed by atoms with van der Waals surface area (Å²) in [6, 6.07) is 11.6. The van der Waals surface area contributed by atoms with Gasteiger partial charge in [0.1, 0.15) is 10.1 Å². The summed E-state index contributed by atoms with van der Waals surface area (Å²) < 4.78 is 17.6. The molecule has 0 aliphatic carbocycles. The summed E-state index contributed by atoms with van der Waals surface area (Å²) in [5, 5.41) is 0.411. The molecule has 31 heavy (non-hydrogen) atoms. The smallest absolute Gasteiger partial charge is 0.265 e. The van der Waals surface area contributed by atoms with Gasteiger partial charge in [-0.1, -0.05) is 54.6 Å². The quantitative estimate of drug-likeness (QED) is 0.266. The van der Waals surface area contributed by atoms with Crippen molar-refractivity contribution >= 4 is 51.9 Å². The molecule has 0 unspecified atom stereocenters. The molecule has 0 atom stereocenters. The molecule has 164 valence electrons. The maximum atomic E-state index is 12.2. The minimum absolute atomic E-state index is 0.130. The first-order valence-electron chi connectivity index (χ1n) is 9.86. The predicted octanol–water partition coefficient (Wildman–Crippen LogP) is 5.59. The van der Waals surface area contributed by atoms with Crippen LogP contribution in [-0.2, 0) is 11.2 Å². The normalized spacial score (nSPS) is 15.0. The van der Waals surface area contributed by atoms with Crippen molar-refractivity contribution in [3.63, 3.8) is 0 Å². The van der Waals surface area contributed by atoms with Crippen molar-refractivity contribution in [3.8, 4) is 17.2 Å². The standard InChI is InChI=1S/C23H24ClNO4S2/c1-4-15-6-8-17(9-7-15)28-10-5-11-29-21-18(24)12-16(13-19(21)27-3)14-20-22(26)25(2)23(30)31-20/h6-9,12-14H,4-5,10-11H2,1-3H3/b20-14+. The Morgan fingerprint density at radius 1 is 1.16 bits per heavy atom. The Labute approximate surface area is 197 Å². The first-order valence-corrected chi connectivity index (χ1v) is 11.5. The minimum atomic E-state index is -0.130. The fourth-order valence-electron chi connectivity index (χ4n) is 2.90. The van der Waals surface area contributed by atoms with Crippen molar-refractivity contribution in [2.45, 2.75) is 19.8 Å². The van der Waals surface area contributed by atoms with Crippen LogP contribution in [-0.4, -0.2) is 42.5 Å². The van der Waals surface area contributed by atoms with E-state index in [1.807, 2.05) is 12.1 Å². The van der Waals surface area contributed by atoms with Crippen molar-refractivity contribution in [2.75, 3.05) is 27.4 Å². The summed E-state index contributed by atoms with van der Waals surface area (Å²) in [6.45, 7) is 3.08. The number of benzene rings is 2. The van der Waals surface area contributed by atoms with E-state index in [4.69, 9.17) is 38.0 Å². The molecule has 3 rings (SSSR count). The van der Waals surface area contributed by atoms with E-state index in [1.54, 1.807) is 32.4 Å². The van der Waals surface area contributed by atoms with Crippen molar-refractivity contribution in [2.24, 2.45) is 0 Å². The molecule has 1 heterocycles. The van der Waals surface area contributed by atoms with Crippen LogP contribution in [0.25, 0.3) is 6.08 Å². The predicted molar refractivity (Wildman–Crippen MR) is 130 cm³/mol. The Balaban J connectivity index is 1.58. The molecule has 0 aromatic heterocycles. The number of halogens is 1. The zero-order valence-corrected chi connectivity index (χ0v) is 20.0. The van der Waals surface area contributed by atoms with Crippen LogP contribution in [0.4, 0.5) is 0 Å². The number of hydrogen-bond donors (Lipinski definition) is 0. The lowest BCUT2D eigenvalue weighted by molar-refractivity contribution is -0.121. The molecule has 1 amide bonds. The highest BCUT2D eigenvalue weighted by Gasteiger charge is 2.28. The van der Waals surface area contributed by atoms with Gasteiger partial charge in [-0.2, -0.15) is 0 Å². The van der Waals surface area contributed by atoms with Gasteiger partial charge in [0.05, 0.1) is 30.3 Å². The minimum Gasteiger partial charge on any atom is -0.493 e. The van der Waals surface area contributed by atoms with Crippen LogP contribution in [0.2, 0.25) is 5.02 Å². The number of carbonyl (C=O) groups is 1. The van der Waals surface area contributed by atoms with Gasteiger partial charge in [-0.25, -0.2) is 0 Å². The number of likely N-dealkylation sites (N-methyl/N-ethyl adjacent to an activating group) is 1. The molecule has 1 fully saturated rings. The molecule has 0 bridgehead atoms. The van der Waals surface area contributed by atoms with Crippen molar-refractivity contribution < 1.29 is 19.0 Å². The van der Waals surface area contributed by atoms with E-state index in [2.05, 4.69) is 19.1 Å². The largest absolute Gasteiger partial charge is 0.493 e. The number of carbonyl (C=O) groups excluding carboxylic acids is 1. The monoisotopic (exact) mass is 477 g/mol. The van der Waals surface area contributed by atoms with Crippen LogP contribution in [0.5, 0.6) is 17.2 Å². The Bertz CT molecular complexity index is 992. The SMILES string of the molecule is CCc1ccc(OCCCOc2c(Cl)cc(/C=C3/SC(=S)N(C)C3=O)cc2OC)cc1. The highest BCUT2D eigenvalue weighted by Crippen LogP contribution is 2.38. The average Bonchev–Trinajstić information content (AvgIpc) is 3.01. The van der Waals surface area contributed by atoms with Crippen LogP contribution in [0.3, 0.4) is 0 Å². The Hall–Kier alpha value is -2.22. The lowest BCUT2D eigenvalue weighted by atomic mass is 10.1. The number of hydrogen-bond acceptors (Lipinski definition) is 6. The fraction of sp³-hybridized carbons (Fsp3) is 0.304. The third kappa shape index (κ3) is 5.93. The van der Waals surface area contributed by atoms with Gasteiger partial charge in [-0.05, 0) is 47.9 Å².